The molecular formula is C10H24NO8+. The summed E-state index contributed by atoms with van der Waals surface area (Å²) in [5.41, 5.74) is 0. The third kappa shape index (κ3) is 8.42. The normalized spacial score (nSPS) is 13.7. The van der Waals surface area contributed by atoms with E-state index >= 15 is 0 Å². The average molecular weight is 286 g/mol. The van der Waals surface area contributed by atoms with Crippen molar-refractivity contribution in [3.8, 4) is 0 Å². The molecule has 0 saturated heterocycles. The maximum atomic E-state index is 9.32. The van der Waals surface area contributed by atoms with Crippen LogP contribution in [-0.2, 0) is 14.5 Å². The molecule has 0 fully saturated rings. The molecule has 0 saturated carbocycles. The first kappa shape index (κ1) is 18.6. The van der Waals surface area contributed by atoms with Gasteiger partial charge in [-0.05, 0) is 0 Å². The summed E-state index contributed by atoms with van der Waals surface area (Å²) in [6.07, 6.45) is -0.857. The maximum Gasteiger partial charge on any atom is 0.180 e. The number of hydroxylamine groups is 3. The smallest absolute Gasteiger partial charge is 0.180 e. The summed E-state index contributed by atoms with van der Waals surface area (Å²) in [6, 6.07) is 0. The fourth-order valence-electron chi connectivity index (χ4n) is 1.24. The van der Waals surface area contributed by atoms with Gasteiger partial charge in [0, 0.05) is 6.42 Å². The van der Waals surface area contributed by atoms with E-state index < -0.39 is 17.7 Å². The molecule has 0 heterocycles. The van der Waals surface area contributed by atoms with Gasteiger partial charge in [-0.25, -0.2) is 0 Å². The number of quaternary nitrogens is 1. The van der Waals surface area contributed by atoms with Crippen molar-refractivity contribution in [2.75, 3.05) is 52.8 Å². The van der Waals surface area contributed by atoms with Crippen LogP contribution >= 0.6 is 0 Å². The molecule has 0 amide bonds. The Labute approximate surface area is 111 Å². The highest BCUT2D eigenvalue weighted by atomic mass is 17.2. The molecule has 0 aromatic rings. The lowest BCUT2D eigenvalue weighted by Crippen LogP contribution is -2.51. The lowest BCUT2D eigenvalue weighted by atomic mass is 10.3. The molecule has 0 rings (SSSR count). The number of nitrogens with zero attached hydrogens (tertiary/aromatic N) is 1. The van der Waals surface area contributed by atoms with Crippen LogP contribution in [0.25, 0.3) is 0 Å². The van der Waals surface area contributed by atoms with Crippen LogP contribution in [0.2, 0.25) is 0 Å². The molecule has 5 N–H and O–H groups in total. The van der Waals surface area contributed by atoms with E-state index in [0.717, 1.165) is 0 Å². The first-order valence-electron chi connectivity index (χ1n) is 6.07. The van der Waals surface area contributed by atoms with E-state index in [4.69, 9.17) is 34.9 Å². The van der Waals surface area contributed by atoms with E-state index in [1.807, 2.05) is 0 Å². The van der Waals surface area contributed by atoms with Crippen LogP contribution in [0.1, 0.15) is 6.42 Å². The van der Waals surface area contributed by atoms with E-state index in [1.54, 1.807) is 0 Å². The van der Waals surface area contributed by atoms with Gasteiger partial charge in [0.15, 0.2) is 6.54 Å². The van der Waals surface area contributed by atoms with Crippen molar-refractivity contribution in [2.24, 2.45) is 0 Å². The number of aliphatic hydroxyl groups is 5. The van der Waals surface area contributed by atoms with Crippen LogP contribution in [0, 0.1) is 0 Å². The maximum absolute atomic E-state index is 9.32. The van der Waals surface area contributed by atoms with Gasteiger partial charge in [-0.3, -0.25) is 0 Å². The van der Waals surface area contributed by atoms with E-state index in [9.17, 15) is 5.11 Å². The first-order chi connectivity index (χ1) is 9.14. The molecule has 116 valence electrons. The fraction of sp³-hybridized carbons (Fsp3) is 1.00. The van der Waals surface area contributed by atoms with Crippen molar-refractivity contribution in [2.45, 2.75) is 12.5 Å². The molecule has 0 bridgehead atoms. The van der Waals surface area contributed by atoms with Gasteiger partial charge in [-0.2, -0.15) is 0 Å². The standard InChI is InChI=1S/C10H24NO8/c12-3-6-17-11(18-7-4-13,19-8-5-14)2-1-10(16)9-15/h10,12-16H,1-9H2/q+1. The highest BCUT2D eigenvalue weighted by Crippen LogP contribution is 2.14. The predicted octanol–water partition coefficient (Wildman–Crippen LogP) is -2.68. The Morgan fingerprint density at radius 3 is 1.53 bits per heavy atom. The monoisotopic (exact) mass is 286 g/mol. The van der Waals surface area contributed by atoms with Gasteiger partial charge in [0.2, 0.25) is 0 Å². The Balaban J connectivity index is 4.56. The quantitative estimate of drug-likeness (QED) is 0.183. The highest BCUT2D eigenvalue weighted by molar-refractivity contribution is 4.49. The number of hydrogen-bond acceptors (Lipinski definition) is 8. The summed E-state index contributed by atoms with van der Waals surface area (Å²) in [6.45, 7) is -1.49. The minimum Gasteiger partial charge on any atom is -0.394 e. The number of aliphatic hydroxyl groups excluding tert-OH is 5. The van der Waals surface area contributed by atoms with Crippen molar-refractivity contribution >= 4 is 0 Å². The van der Waals surface area contributed by atoms with Crippen LogP contribution in [0.4, 0.5) is 0 Å². The van der Waals surface area contributed by atoms with Crippen molar-refractivity contribution in [3.63, 3.8) is 0 Å². The molecule has 9 nitrogen and oxygen atoms in total. The summed E-state index contributed by atoms with van der Waals surface area (Å²) < 4.78 is 0. The molecule has 19 heavy (non-hydrogen) atoms. The Morgan fingerprint density at radius 2 is 1.21 bits per heavy atom. The molecule has 0 aromatic carbocycles. The molecule has 1 atom stereocenters. The highest BCUT2D eigenvalue weighted by Gasteiger charge is 2.35. The molecule has 0 aliphatic carbocycles. The largest absolute Gasteiger partial charge is 0.394 e. The molecular weight excluding hydrogens is 262 g/mol. The number of rotatable bonds is 13. The summed E-state index contributed by atoms with van der Waals surface area (Å²) in [7, 11) is 0. The Bertz CT molecular complexity index is 184. The van der Waals surface area contributed by atoms with Gasteiger partial charge >= 0.3 is 0 Å². The Morgan fingerprint density at radius 1 is 0.789 bits per heavy atom. The molecule has 0 radical (unpaired) electrons. The molecule has 0 spiro atoms. The van der Waals surface area contributed by atoms with Crippen molar-refractivity contribution in [3.05, 3.63) is 0 Å². The summed E-state index contributed by atoms with van der Waals surface area (Å²) in [5, 5.41) is 44.4. The minimum atomic E-state index is -0.967. The van der Waals surface area contributed by atoms with Crippen LogP contribution in [0.5, 0.6) is 0 Å². The third-order valence-corrected chi connectivity index (χ3v) is 2.08. The molecule has 0 aliphatic heterocycles. The summed E-state index contributed by atoms with van der Waals surface area (Å²) in [5.74, 6) is 0. The van der Waals surface area contributed by atoms with Gasteiger partial charge in [0.1, 0.15) is 19.8 Å². The van der Waals surface area contributed by atoms with Crippen LogP contribution in [0.15, 0.2) is 0 Å². The second-order valence-corrected chi connectivity index (χ2v) is 3.63. The predicted molar refractivity (Wildman–Crippen MR) is 62.0 cm³/mol. The summed E-state index contributed by atoms with van der Waals surface area (Å²) in [4.78, 5) is 14.8. The average Bonchev–Trinajstić information content (AvgIpc) is 2.45. The molecule has 0 aromatic heterocycles. The van der Waals surface area contributed by atoms with Gasteiger partial charge in [-0.15, -0.1) is 14.5 Å². The second-order valence-electron chi connectivity index (χ2n) is 3.63. The SMILES string of the molecule is OCCO[N+](CCC(O)CO)(OCCO)OCCO. The van der Waals surface area contributed by atoms with Gasteiger partial charge < -0.3 is 25.5 Å². The minimum absolute atomic E-state index is 0.0156. The Kier molecular flexibility index (Phi) is 11.2. The third-order valence-electron chi connectivity index (χ3n) is 2.08. The van der Waals surface area contributed by atoms with Gasteiger partial charge in [0.05, 0.1) is 37.5 Å². The summed E-state index contributed by atoms with van der Waals surface area (Å²) >= 11 is 0. The van der Waals surface area contributed by atoms with Crippen LogP contribution < -0.4 is 0 Å². The Hall–Kier alpha value is -0.360. The molecule has 0 aliphatic rings. The zero-order valence-electron chi connectivity index (χ0n) is 10.8. The topological polar surface area (TPSA) is 129 Å². The van der Waals surface area contributed by atoms with Crippen molar-refractivity contribution in [1.82, 2.24) is 0 Å². The lowest BCUT2D eigenvalue weighted by molar-refractivity contribution is -1.37. The molecule has 9 heteroatoms. The van der Waals surface area contributed by atoms with E-state index in [1.165, 1.54) is 0 Å². The van der Waals surface area contributed by atoms with Crippen molar-refractivity contribution < 1.29 is 45.0 Å². The lowest BCUT2D eigenvalue weighted by Gasteiger charge is -2.29. The zero-order valence-corrected chi connectivity index (χ0v) is 10.8. The van der Waals surface area contributed by atoms with E-state index in [2.05, 4.69) is 0 Å². The number of hydrogen-bond donors (Lipinski definition) is 5. The van der Waals surface area contributed by atoms with E-state index in [0.29, 0.717) is 0 Å². The fourth-order valence-corrected chi connectivity index (χ4v) is 1.24. The van der Waals surface area contributed by atoms with Crippen molar-refractivity contribution in [1.29, 1.82) is 0 Å². The van der Waals surface area contributed by atoms with E-state index in [-0.39, 0.29) is 52.6 Å². The first-order valence-corrected chi connectivity index (χ1v) is 6.07. The van der Waals surface area contributed by atoms with Gasteiger partial charge in [-0.1, -0.05) is 0 Å². The van der Waals surface area contributed by atoms with Crippen LogP contribution in [-0.4, -0.2) is 89.4 Å². The van der Waals surface area contributed by atoms with Gasteiger partial charge in [0.25, 0.3) is 0 Å². The second kappa shape index (κ2) is 11.5. The zero-order chi connectivity index (χ0) is 14.6. The van der Waals surface area contributed by atoms with Crippen LogP contribution in [0.3, 0.4) is 0 Å². The molecule has 1 unspecified atom stereocenters.